The van der Waals surface area contributed by atoms with Gasteiger partial charge >= 0.3 is 0 Å². The molecule has 152 valence electrons. The van der Waals surface area contributed by atoms with E-state index in [1.165, 1.54) is 42.5 Å². The summed E-state index contributed by atoms with van der Waals surface area (Å²) < 4.78 is 6.42. The standard InChI is InChI=1S/C25H36O2Si/c1-25(2,3)20-14-6-4-5-9-15-22(21-26)27-28(23-16-10-7-11-17-23)24-18-12-8-13-19-24/h7-8,10-13,16-19,21-22,28H,4-6,9,14-15,20H2,1-3H3. The second-order valence-electron chi connectivity index (χ2n) is 8.88. The van der Waals surface area contributed by atoms with Crippen LogP contribution in [-0.2, 0) is 9.22 Å². The monoisotopic (exact) mass is 396 g/mol. The lowest BCUT2D eigenvalue weighted by Gasteiger charge is -2.21. The summed E-state index contributed by atoms with van der Waals surface area (Å²) >= 11 is 0. The molecule has 0 aliphatic rings. The fourth-order valence-corrected chi connectivity index (χ4v) is 5.87. The zero-order chi connectivity index (χ0) is 20.2. The summed E-state index contributed by atoms with van der Waals surface area (Å²) in [5.74, 6) is 0. The van der Waals surface area contributed by atoms with E-state index in [2.05, 4.69) is 69.3 Å². The molecule has 0 aliphatic carbocycles. The van der Waals surface area contributed by atoms with Gasteiger partial charge in [-0.1, -0.05) is 114 Å². The lowest BCUT2D eigenvalue weighted by molar-refractivity contribution is -0.114. The molecule has 0 bridgehead atoms. The van der Waals surface area contributed by atoms with Crippen molar-refractivity contribution in [3.8, 4) is 0 Å². The molecule has 0 saturated heterocycles. The van der Waals surface area contributed by atoms with Crippen molar-refractivity contribution in [2.45, 2.75) is 71.8 Å². The number of unbranched alkanes of at least 4 members (excludes halogenated alkanes) is 4. The molecule has 0 amide bonds. The van der Waals surface area contributed by atoms with Crippen molar-refractivity contribution in [1.82, 2.24) is 0 Å². The minimum Gasteiger partial charge on any atom is -0.401 e. The molecule has 3 heteroatoms. The Bertz CT molecular complexity index is 624. The zero-order valence-corrected chi connectivity index (χ0v) is 18.9. The Morgan fingerprint density at radius 1 is 0.821 bits per heavy atom. The van der Waals surface area contributed by atoms with Crippen LogP contribution in [0.2, 0.25) is 0 Å². The van der Waals surface area contributed by atoms with E-state index in [0.717, 1.165) is 19.1 Å². The molecule has 0 N–H and O–H groups in total. The Balaban J connectivity index is 1.84. The molecular weight excluding hydrogens is 360 g/mol. The third-order valence-electron chi connectivity index (χ3n) is 5.08. The third kappa shape index (κ3) is 8.53. The smallest absolute Gasteiger partial charge is 0.240 e. The van der Waals surface area contributed by atoms with Crippen molar-refractivity contribution in [3.63, 3.8) is 0 Å². The van der Waals surface area contributed by atoms with Gasteiger partial charge in [0.1, 0.15) is 12.4 Å². The van der Waals surface area contributed by atoms with Crippen molar-refractivity contribution in [2.75, 3.05) is 0 Å². The molecule has 1 unspecified atom stereocenters. The molecule has 0 saturated carbocycles. The van der Waals surface area contributed by atoms with Crippen LogP contribution in [0.3, 0.4) is 0 Å². The van der Waals surface area contributed by atoms with E-state index in [0.29, 0.717) is 5.41 Å². The van der Waals surface area contributed by atoms with Crippen molar-refractivity contribution in [1.29, 1.82) is 0 Å². The molecule has 2 aromatic carbocycles. The molecule has 1 atom stereocenters. The molecule has 0 radical (unpaired) electrons. The minimum absolute atomic E-state index is 0.299. The van der Waals surface area contributed by atoms with E-state index in [1.54, 1.807) is 0 Å². The maximum atomic E-state index is 11.7. The summed E-state index contributed by atoms with van der Waals surface area (Å²) in [6, 6.07) is 20.8. The predicted molar refractivity (Wildman–Crippen MR) is 122 cm³/mol. The molecule has 0 fully saturated rings. The number of rotatable bonds is 12. The van der Waals surface area contributed by atoms with Gasteiger partial charge in [0, 0.05) is 0 Å². The lowest BCUT2D eigenvalue weighted by Crippen LogP contribution is -2.47. The number of benzene rings is 2. The van der Waals surface area contributed by atoms with Crippen LogP contribution in [0.1, 0.15) is 65.7 Å². The van der Waals surface area contributed by atoms with E-state index >= 15 is 0 Å². The quantitative estimate of drug-likeness (QED) is 0.290. The van der Waals surface area contributed by atoms with Crippen molar-refractivity contribution >= 4 is 25.7 Å². The Hall–Kier alpha value is -1.71. The van der Waals surface area contributed by atoms with Crippen LogP contribution in [0.4, 0.5) is 0 Å². The van der Waals surface area contributed by atoms with Gasteiger partial charge in [-0.05, 0) is 28.6 Å². The van der Waals surface area contributed by atoms with Gasteiger partial charge in [0.25, 0.3) is 0 Å². The van der Waals surface area contributed by atoms with Gasteiger partial charge in [0.15, 0.2) is 0 Å². The molecule has 0 heterocycles. The first-order chi connectivity index (χ1) is 13.5. The molecule has 2 nitrogen and oxygen atoms in total. The van der Waals surface area contributed by atoms with Crippen LogP contribution in [0, 0.1) is 5.41 Å². The second-order valence-corrected chi connectivity index (χ2v) is 11.2. The van der Waals surface area contributed by atoms with Gasteiger partial charge in [-0.2, -0.15) is 0 Å². The zero-order valence-electron chi connectivity index (χ0n) is 17.8. The molecule has 28 heavy (non-hydrogen) atoms. The minimum atomic E-state index is -1.85. The normalized spacial score (nSPS) is 12.9. The summed E-state index contributed by atoms with van der Waals surface area (Å²) in [7, 11) is -1.85. The van der Waals surface area contributed by atoms with Gasteiger partial charge in [0.05, 0.1) is 0 Å². The van der Waals surface area contributed by atoms with Crippen molar-refractivity contribution in [2.24, 2.45) is 5.41 Å². The average Bonchev–Trinajstić information content (AvgIpc) is 2.70. The summed E-state index contributed by atoms with van der Waals surface area (Å²) in [5.41, 5.74) is 0.435. The van der Waals surface area contributed by atoms with E-state index in [-0.39, 0.29) is 6.10 Å². The van der Waals surface area contributed by atoms with Crippen LogP contribution in [0.25, 0.3) is 0 Å². The van der Waals surface area contributed by atoms with E-state index < -0.39 is 9.04 Å². The van der Waals surface area contributed by atoms with Crippen LogP contribution < -0.4 is 10.4 Å². The van der Waals surface area contributed by atoms with Crippen molar-refractivity contribution < 1.29 is 9.22 Å². The van der Waals surface area contributed by atoms with E-state index in [1.807, 2.05) is 12.1 Å². The number of hydrogen-bond acceptors (Lipinski definition) is 2. The highest BCUT2D eigenvalue weighted by molar-refractivity contribution is 6.80. The van der Waals surface area contributed by atoms with Crippen LogP contribution in [-0.4, -0.2) is 21.4 Å². The Kier molecular flexibility index (Phi) is 9.66. The van der Waals surface area contributed by atoms with Crippen molar-refractivity contribution in [3.05, 3.63) is 60.7 Å². The molecule has 0 spiro atoms. The summed E-state index contributed by atoms with van der Waals surface area (Å²) in [4.78, 5) is 11.7. The maximum absolute atomic E-state index is 11.7. The third-order valence-corrected chi connectivity index (χ3v) is 7.69. The number of carbonyl (C=O) groups excluding carboxylic acids is 1. The fraction of sp³-hybridized carbons (Fsp3) is 0.480. The van der Waals surface area contributed by atoms with Gasteiger partial charge in [0.2, 0.25) is 9.04 Å². The van der Waals surface area contributed by atoms with Gasteiger partial charge in [-0.25, -0.2) is 0 Å². The first-order valence-electron chi connectivity index (χ1n) is 10.7. The predicted octanol–water partition coefficient (Wildman–Crippen LogP) is 4.89. The molecule has 2 rings (SSSR count). The second kappa shape index (κ2) is 12.0. The molecule has 0 aromatic heterocycles. The highest BCUT2D eigenvalue weighted by atomic mass is 28.3. The number of hydrogen-bond donors (Lipinski definition) is 0. The summed E-state index contributed by atoms with van der Waals surface area (Å²) in [6.45, 7) is 6.91. The fourth-order valence-electron chi connectivity index (χ4n) is 3.48. The first-order valence-corrected chi connectivity index (χ1v) is 12.3. The summed E-state index contributed by atoms with van der Waals surface area (Å²) in [6.07, 6.45) is 8.89. The number of carbonyl (C=O) groups is 1. The van der Waals surface area contributed by atoms with E-state index in [9.17, 15) is 4.79 Å². The topological polar surface area (TPSA) is 26.3 Å². The van der Waals surface area contributed by atoms with Gasteiger partial charge < -0.3 is 9.22 Å². The molecule has 2 aromatic rings. The highest BCUT2D eigenvalue weighted by Crippen LogP contribution is 2.22. The Morgan fingerprint density at radius 2 is 1.32 bits per heavy atom. The largest absolute Gasteiger partial charge is 0.401 e. The average molecular weight is 397 g/mol. The first kappa shape index (κ1) is 22.6. The van der Waals surface area contributed by atoms with Gasteiger partial charge in [-0.15, -0.1) is 0 Å². The molecule has 0 aliphatic heterocycles. The number of aldehydes is 1. The summed E-state index contributed by atoms with van der Waals surface area (Å²) in [5, 5.41) is 2.45. The molecular formula is C25H36O2Si. The van der Waals surface area contributed by atoms with E-state index in [4.69, 9.17) is 4.43 Å². The van der Waals surface area contributed by atoms with Crippen LogP contribution in [0.15, 0.2) is 60.7 Å². The Morgan fingerprint density at radius 3 is 1.82 bits per heavy atom. The Labute approximate surface area is 173 Å². The SMILES string of the molecule is CC(C)(C)CCCCCCCC(C=O)O[SiH](c1ccccc1)c1ccccc1. The highest BCUT2D eigenvalue weighted by Gasteiger charge is 2.22. The van der Waals surface area contributed by atoms with Crippen LogP contribution in [0.5, 0.6) is 0 Å². The van der Waals surface area contributed by atoms with Gasteiger partial charge in [-0.3, -0.25) is 0 Å². The maximum Gasteiger partial charge on any atom is 0.240 e. The lowest BCUT2D eigenvalue weighted by atomic mass is 9.89. The van der Waals surface area contributed by atoms with Crippen LogP contribution >= 0.6 is 0 Å².